The number of likely N-dealkylation sites (tertiary alicyclic amines) is 1. The summed E-state index contributed by atoms with van der Waals surface area (Å²) >= 11 is 0. The van der Waals surface area contributed by atoms with Gasteiger partial charge in [-0.3, -0.25) is 4.79 Å². The van der Waals surface area contributed by atoms with Gasteiger partial charge in [0.15, 0.2) is 0 Å². The van der Waals surface area contributed by atoms with Crippen LogP contribution in [0.5, 0.6) is 0 Å². The largest absolute Gasteiger partial charge is 0.336 e. The van der Waals surface area contributed by atoms with Crippen molar-refractivity contribution < 1.29 is 4.79 Å². The lowest BCUT2D eigenvalue weighted by Crippen LogP contribution is -2.34. The van der Waals surface area contributed by atoms with Crippen molar-refractivity contribution in [3.05, 3.63) is 35.4 Å². The van der Waals surface area contributed by atoms with Crippen LogP contribution in [-0.2, 0) is 10.2 Å². The van der Waals surface area contributed by atoms with Crippen molar-refractivity contribution in [3.63, 3.8) is 0 Å². The van der Waals surface area contributed by atoms with Crippen LogP contribution in [0.15, 0.2) is 24.3 Å². The Morgan fingerprint density at radius 2 is 1.91 bits per heavy atom. The number of nitrogens with zero attached hydrogens (tertiary/aromatic N) is 1. The second-order valence-electron chi connectivity index (χ2n) is 7.30. The molecule has 1 aliphatic rings. The van der Waals surface area contributed by atoms with Crippen LogP contribution in [0, 0.1) is 0 Å². The lowest BCUT2D eigenvalue weighted by molar-refractivity contribution is -0.132. The quantitative estimate of drug-likeness (QED) is 0.919. The molecule has 2 N–H and O–H groups in total. The maximum Gasteiger partial charge on any atom is 0.224 e. The van der Waals surface area contributed by atoms with Gasteiger partial charge in [-0.25, -0.2) is 0 Å². The van der Waals surface area contributed by atoms with Gasteiger partial charge in [0.05, 0.1) is 6.04 Å². The predicted molar refractivity (Wildman–Crippen MR) is 94.3 cm³/mol. The highest BCUT2D eigenvalue weighted by Crippen LogP contribution is 2.33. The van der Waals surface area contributed by atoms with Gasteiger partial charge in [0.1, 0.15) is 0 Å². The van der Waals surface area contributed by atoms with E-state index in [2.05, 4.69) is 45.0 Å². The lowest BCUT2D eigenvalue weighted by Gasteiger charge is -2.27. The molecule has 1 heterocycles. The van der Waals surface area contributed by atoms with Gasteiger partial charge in [0.25, 0.3) is 0 Å². The fourth-order valence-corrected chi connectivity index (χ4v) is 3.01. The molecule has 2 unspecified atom stereocenters. The first kappa shape index (κ1) is 19.0. The summed E-state index contributed by atoms with van der Waals surface area (Å²) in [4.78, 5) is 14.3. The molecule has 1 aromatic rings. The van der Waals surface area contributed by atoms with E-state index < -0.39 is 0 Å². The van der Waals surface area contributed by atoms with Crippen LogP contribution < -0.4 is 5.73 Å². The highest BCUT2D eigenvalue weighted by Gasteiger charge is 2.30. The molecule has 0 aromatic heterocycles. The van der Waals surface area contributed by atoms with E-state index in [1.165, 1.54) is 11.1 Å². The minimum atomic E-state index is -0.0676. The van der Waals surface area contributed by atoms with Gasteiger partial charge in [-0.2, -0.15) is 0 Å². The molecule has 0 spiro atoms. The average Bonchev–Trinajstić information content (AvgIpc) is 2.86. The fourth-order valence-electron chi connectivity index (χ4n) is 3.01. The molecular formula is C18H29ClN2O. The molecule has 22 heavy (non-hydrogen) atoms. The molecule has 4 heteroatoms. The highest BCUT2D eigenvalue weighted by atomic mass is 35.5. The van der Waals surface area contributed by atoms with Crippen molar-refractivity contribution in [2.45, 2.75) is 64.5 Å². The van der Waals surface area contributed by atoms with E-state index in [9.17, 15) is 4.79 Å². The van der Waals surface area contributed by atoms with E-state index in [1.807, 2.05) is 11.8 Å². The molecule has 1 fully saturated rings. The zero-order valence-electron chi connectivity index (χ0n) is 14.1. The van der Waals surface area contributed by atoms with Gasteiger partial charge in [-0.05, 0) is 36.3 Å². The van der Waals surface area contributed by atoms with Crippen molar-refractivity contribution >= 4 is 18.3 Å². The first-order valence-corrected chi connectivity index (χ1v) is 7.94. The van der Waals surface area contributed by atoms with Crippen LogP contribution in [0.4, 0.5) is 0 Å². The molecule has 1 aliphatic heterocycles. The molecule has 0 radical (unpaired) electrons. The number of benzene rings is 1. The summed E-state index contributed by atoms with van der Waals surface area (Å²) in [7, 11) is 0. The first-order valence-electron chi connectivity index (χ1n) is 7.94. The molecule has 1 aromatic carbocycles. The normalized spacial score (nSPS) is 19.7. The molecule has 2 rings (SSSR count). The number of nitrogens with two attached hydrogens (primary N) is 1. The first-order chi connectivity index (χ1) is 9.79. The molecule has 124 valence electrons. The van der Waals surface area contributed by atoms with Crippen LogP contribution in [0.3, 0.4) is 0 Å². The van der Waals surface area contributed by atoms with E-state index in [0.29, 0.717) is 6.42 Å². The predicted octanol–water partition coefficient (Wildman–Crippen LogP) is 3.81. The second kappa shape index (κ2) is 7.47. The van der Waals surface area contributed by atoms with Gasteiger partial charge in [-0.1, -0.05) is 45.0 Å². The van der Waals surface area contributed by atoms with Crippen molar-refractivity contribution in [2.24, 2.45) is 5.73 Å². The topological polar surface area (TPSA) is 46.3 Å². The molecule has 0 saturated carbocycles. The molecule has 0 bridgehead atoms. The van der Waals surface area contributed by atoms with Crippen molar-refractivity contribution in [2.75, 3.05) is 6.54 Å². The summed E-state index contributed by atoms with van der Waals surface area (Å²) in [5.41, 5.74) is 8.51. The van der Waals surface area contributed by atoms with Crippen LogP contribution in [0.25, 0.3) is 0 Å². The molecule has 0 aliphatic carbocycles. The van der Waals surface area contributed by atoms with E-state index >= 15 is 0 Å². The Morgan fingerprint density at radius 3 is 2.41 bits per heavy atom. The Balaban J connectivity index is 0.00000242. The Kier molecular flexibility index (Phi) is 6.45. The third kappa shape index (κ3) is 4.47. The van der Waals surface area contributed by atoms with Gasteiger partial charge in [0.2, 0.25) is 5.91 Å². The van der Waals surface area contributed by atoms with E-state index in [4.69, 9.17) is 5.73 Å². The molecule has 1 saturated heterocycles. The number of hydrogen-bond acceptors (Lipinski definition) is 2. The molecule has 1 amide bonds. The zero-order chi connectivity index (χ0) is 15.6. The third-order valence-electron chi connectivity index (χ3n) is 4.23. The number of carbonyl (C=O) groups excluding carboxylic acids is 1. The van der Waals surface area contributed by atoms with Crippen molar-refractivity contribution in [1.29, 1.82) is 0 Å². The van der Waals surface area contributed by atoms with Crippen molar-refractivity contribution in [3.8, 4) is 0 Å². The SMILES string of the molecule is CC(N)CC(=O)N1CCCC1c1ccc(C(C)(C)C)cc1.Cl. The lowest BCUT2D eigenvalue weighted by atomic mass is 9.86. The minimum absolute atomic E-state index is 0. The summed E-state index contributed by atoms with van der Waals surface area (Å²) in [6, 6.07) is 8.92. The average molecular weight is 325 g/mol. The van der Waals surface area contributed by atoms with Gasteiger partial charge >= 0.3 is 0 Å². The second-order valence-corrected chi connectivity index (χ2v) is 7.30. The van der Waals surface area contributed by atoms with Crippen LogP contribution in [0.1, 0.15) is 64.1 Å². The summed E-state index contributed by atoms with van der Waals surface area (Å²) < 4.78 is 0. The zero-order valence-corrected chi connectivity index (χ0v) is 15.0. The smallest absolute Gasteiger partial charge is 0.224 e. The van der Waals surface area contributed by atoms with Crippen LogP contribution >= 0.6 is 12.4 Å². The highest BCUT2D eigenvalue weighted by molar-refractivity contribution is 5.85. The van der Waals surface area contributed by atoms with Crippen molar-refractivity contribution in [1.82, 2.24) is 4.90 Å². The standard InChI is InChI=1S/C18H28N2O.ClH/c1-13(19)12-17(21)20-11-5-6-16(20)14-7-9-15(10-8-14)18(2,3)4;/h7-10,13,16H,5-6,11-12,19H2,1-4H3;1H. The summed E-state index contributed by atoms with van der Waals surface area (Å²) in [5.74, 6) is 0.187. The number of halogens is 1. The summed E-state index contributed by atoms with van der Waals surface area (Å²) in [5, 5.41) is 0. The summed E-state index contributed by atoms with van der Waals surface area (Å²) in [6.45, 7) is 9.40. The molecule has 3 nitrogen and oxygen atoms in total. The van der Waals surface area contributed by atoms with E-state index in [-0.39, 0.29) is 35.8 Å². The molecular weight excluding hydrogens is 296 g/mol. The van der Waals surface area contributed by atoms with Gasteiger partial charge in [-0.15, -0.1) is 12.4 Å². The maximum absolute atomic E-state index is 12.3. The molecule has 2 atom stereocenters. The third-order valence-corrected chi connectivity index (χ3v) is 4.23. The van der Waals surface area contributed by atoms with Gasteiger partial charge < -0.3 is 10.6 Å². The number of rotatable bonds is 3. The Labute approximate surface area is 140 Å². The van der Waals surface area contributed by atoms with Crippen LogP contribution in [0.2, 0.25) is 0 Å². The fraction of sp³-hybridized carbons (Fsp3) is 0.611. The summed E-state index contributed by atoms with van der Waals surface area (Å²) in [6.07, 6.45) is 2.58. The Morgan fingerprint density at radius 1 is 1.32 bits per heavy atom. The Hall–Kier alpha value is -1.06. The Bertz CT molecular complexity index is 491. The number of carbonyl (C=O) groups is 1. The van der Waals surface area contributed by atoms with E-state index in [1.54, 1.807) is 0 Å². The minimum Gasteiger partial charge on any atom is -0.336 e. The number of hydrogen-bond donors (Lipinski definition) is 1. The van der Waals surface area contributed by atoms with E-state index in [0.717, 1.165) is 19.4 Å². The number of amides is 1. The monoisotopic (exact) mass is 324 g/mol. The maximum atomic E-state index is 12.3. The van der Waals surface area contributed by atoms with Gasteiger partial charge in [0, 0.05) is 19.0 Å². The van der Waals surface area contributed by atoms with Crippen LogP contribution in [-0.4, -0.2) is 23.4 Å².